The minimum Gasteiger partial charge on any atom is -0.341 e. The van der Waals surface area contributed by atoms with Gasteiger partial charge < -0.3 is 4.90 Å². The third-order valence-electron chi connectivity index (χ3n) is 2.96. The number of halogens is 3. The normalized spacial score (nSPS) is 12.2. The Bertz CT molecular complexity index is 647. The van der Waals surface area contributed by atoms with E-state index in [1.54, 1.807) is 6.92 Å². The van der Waals surface area contributed by atoms with Crippen LogP contribution in [0.3, 0.4) is 0 Å². The minimum atomic E-state index is -1.67. The van der Waals surface area contributed by atoms with E-state index in [0.717, 1.165) is 6.07 Å². The van der Waals surface area contributed by atoms with E-state index in [1.807, 2.05) is 0 Å². The predicted molar refractivity (Wildman–Crippen MR) is 65.9 cm³/mol. The number of H-pyrrole nitrogens is 1. The van der Waals surface area contributed by atoms with E-state index in [1.165, 1.54) is 11.9 Å². The molecule has 0 saturated heterocycles. The number of tetrazole rings is 1. The Hall–Kier alpha value is -2.45. The van der Waals surface area contributed by atoms with Gasteiger partial charge in [-0.05, 0) is 12.1 Å². The lowest BCUT2D eigenvalue weighted by Crippen LogP contribution is -2.31. The van der Waals surface area contributed by atoms with Gasteiger partial charge in [-0.25, -0.2) is 13.2 Å². The second-order valence-electron chi connectivity index (χ2n) is 4.58. The smallest absolute Gasteiger partial charge is 0.256 e. The van der Waals surface area contributed by atoms with E-state index in [-0.39, 0.29) is 12.5 Å². The van der Waals surface area contributed by atoms with E-state index < -0.39 is 28.9 Å². The number of nitrogens with zero attached hydrogens (tertiary/aromatic N) is 4. The lowest BCUT2D eigenvalue weighted by molar-refractivity contribution is 0.0781. The van der Waals surface area contributed by atoms with Crippen molar-refractivity contribution in [3.8, 4) is 0 Å². The number of carbonyl (C=O) groups is 1. The first kappa shape index (κ1) is 14.9. The highest BCUT2D eigenvalue weighted by atomic mass is 19.2. The van der Waals surface area contributed by atoms with Gasteiger partial charge in [-0.3, -0.25) is 4.79 Å². The van der Waals surface area contributed by atoms with Crippen molar-refractivity contribution in [1.29, 1.82) is 0 Å². The second kappa shape index (κ2) is 5.90. The van der Waals surface area contributed by atoms with Crippen LogP contribution in [0.2, 0.25) is 0 Å². The largest absolute Gasteiger partial charge is 0.341 e. The fraction of sp³-hybridized carbons (Fsp3) is 0.333. The molecule has 6 nitrogen and oxygen atoms in total. The maximum absolute atomic E-state index is 13.6. The van der Waals surface area contributed by atoms with Crippen LogP contribution in [-0.2, 0) is 0 Å². The van der Waals surface area contributed by atoms with Crippen LogP contribution in [0.1, 0.15) is 29.0 Å². The zero-order chi connectivity index (χ0) is 15.6. The SMILES string of the molecule is C[C@H](CN(C)C(=O)c1ccc(F)c(F)c1F)c1nn[nH]n1. The summed E-state index contributed by atoms with van der Waals surface area (Å²) in [4.78, 5) is 13.2. The van der Waals surface area contributed by atoms with Crippen LogP contribution in [-0.4, -0.2) is 45.0 Å². The van der Waals surface area contributed by atoms with Gasteiger partial charge in [-0.1, -0.05) is 12.1 Å². The molecule has 1 heterocycles. The summed E-state index contributed by atoms with van der Waals surface area (Å²) >= 11 is 0. The summed E-state index contributed by atoms with van der Waals surface area (Å²) in [6, 6.07) is 1.62. The van der Waals surface area contributed by atoms with Crippen molar-refractivity contribution in [2.24, 2.45) is 0 Å². The van der Waals surface area contributed by atoms with E-state index in [9.17, 15) is 18.0 Å². The molecule has 112 valence electrons. The Morgan fingerprint density at radius 1 is 1.33 bits per heavy atom. The first-order chi connectivity index (χ1) is 9.91. The summed E-state index contributed by atoms with van der Waals surface area (Å²) in [5.74, 6) is -5.14. The molecule has 0 bridgehead atoms. The molecule has 0 aliphatic rings. The second-order valence-corrected chi connectivity index (χ2v) is 4.58. The third-order valence-corrected chi connectivity index (χ3v) is 2.96. The first-order valence-electron chi connectivity index (χ1n) is 6.04. The van der Waals surface area contributed by atoms with Gasteiger partial charge in [0.05, 0.1) is 5.56 Å². The molecule has 2 aromatic rings. The van der Waals surface area contributed by atoms with Gasteiger partial charge in [-0.15, -0.1) is 10.2 Å². The number of aromatic amines is 1. The number of likely N-dealkylation sites (N-methyl/N-ethyl adjacent to an activating group) is 1. The average Bonchev–Trinajstić information content (AvgIpc) is 2.98. The number of carbonyl (C=O) groups excluding carboxylic acids is 1. The van der Waals surface area contributed by atoms with Crippen LogP contribution in [0.15, 0.2) is 12.1 Å². The molecule has 21 heavy (non-hydrogen) atoms. The van der Waals surface area contributed by atoms with Gasteiger partial charge in [0.25, 0.3) is 5.91 Å². The molecule has 0 radical (unpaired) electrons. The maximum atomic E-state index is 13.6. The van der Waals surface area contributed by atoms with Crippen LogP contribution >= 0.6 is 0 Å². The molecule has 1 aromatic carbocycles. The molecule has 9 heteroatoms. The van der Waals surface area contributed by atoms with Gasteiger partial charge in [-0.2, -0.15) is 5.21 Å². The highest BCUT2D eigenvalue weighted by molar-refractivity contribution is 5.94. The fourth-order valence-corrected chi connectivity index (χ4v) is 1.85. The van der Waals surface area contributed by atoms with Crippen molar-refractivity contribution in [2.45, 2.75) is 12.8 Å². The van der Waals surface area contributed by atoms with Crippen LogP contribution in [0.4, 0.5) is 13.2 Å². The summed E-state index contributed by atoms with van der Waals surface area (Å²) in [6.45, 7) is 1.91. The number of benzene rings is 1. The molecule has 1 aromatic heterocycles. The highest BCUT2D eigenvalue weighted by Gasteiger charge is 2.23. The molecular formula is C12H12F3N5O. The molecule has 1 atom stereocenters. The van der Waals surface area contributed by atoms with Crippen molar-refractivity contribution in [1.82, 2.24) is 25.5 Å². The topological polar surface area (TPSA) is 74.8 Å². The van der Waals surface area contributed by atoms with E-state index >= 15 is 0 Å². The Labute approximate surface area is 118 Å². The Kier molecular flexibility index (Phi) is 4.20. The standard InChI is InChI=1S/C12H12F3N5O/c1-6(11-16-18-19-17-11)5-20(2)12(21)7-3-4-8(13)10(15)9(7)14/h3-4,6H,5H2,1-2H3,(H,16,17,18,19)/t6-/m1/s1. The van der Waals surface area contributed by atoms with Gasteiger partial charge in [0.2, 0.25) is 0 Å². The Morgan fingerprint density at radius 2 is 2.05 bits per heavy atom. The van der Waals surface area contributed by atoms with Crippen molar-refractivity contribution < 1.29 is 18.0 Å². The summed E-state index contributed by atoms with van der Waals surface area (Å²) < 4.78 is 39.6. The molecular weight excluding hydrogens is 287 g/mol. The predicted octanol–water partition coefficient (Wildman–Crippen LogP) is 1.49. The molecule has 0 saturated carbocycles. The molecule has 0 fully saturated rings. The van der Waals surface area contributed by atoms with Gasteiger partial charge in [0.1, 0.15) is 0 Å². The molecule has 0 spiro atoms. The summed E-state index contributed by atoms with van der Waals surface area (Å²) in [5.41, 5.74) is -0.531. The monoisotopic (exact) mass is 299 g/mol. The number of hydrogen-bond donors (Lipinski definition) is 1. The van der Waals surface area contributed by atoms with Gasteiger partial charge in [0.15, 0.2) is 23.3 Å². The number of rotatable bonds is 4. The average molecular weight is 299 g/mol. The summed E-state index contributed by atoms with van der Waals surface area (Å²) in [6.07, 6.45) is 0. The summed E-state index contributed by atoms with van der Waals surface area (Å²) in [7, 11) is 1.42. The lowest BCUT2D eigenvalue weighted by Gasteiger charge is -2.20. The van der Waals surface area contributed by atoms with Crippen LogP contribution in [0.5, 0.6) is 0 Å². The van der Waals surface area contributed by atoms with Crippen molar-refractivity contribution in [2.75, 3.05) is 13.6 Å². The van der Waals surface area contributed by atoms with E-state index in [2.05, 4.69) is 20.6 Å². The number of aromatic nitrogens is 4. The van der Waals surface area contributed by atoms with Gasteiger partial charge in [0, 0.05) is 19.5 Å². The Balaban J connectivity index is 2.14. The van der Waals surface area contributed by atoms with Crippen LogP contribution in [0, 0.1) is 17.5 Å². The fourth-order valence-electron chi connectivity index (χ4n) is 1.85. The van der Waals surface area contributed by atoms with E-state index in [4.69, 9.17) is 0 Å². The zero-order valence-electron chi connectivity index (χ0n) is 11.3. The minimum absolute atomic E-state index is 0.163. The number of nitrogens with one attached hydrogen (secondary N) is 1. The summed E-state index contributed by atoms with van der Waals surface area (Å²) in [5, 5.41) is 13.2. The lowest BCUT2D eigenvalue weighted by atomic mass is 10.1. The molecule has 0 unspecified atom stereocenters. The number of hydrogen-bond acceptors (Lipinski definition) is 4. The Morgan fingerprint density at radius 3 is 2.67 bits per heavy atom. The van der Waals surface area contributed by atoms with Crippen LogP contribution in [0.25, 0.3) is 0 Å². The van der Waals surface area contributed by atoms with Gasteiger partial charge >= 0.3 is 0 Å². The molecule has 2 rings (SSSR count). The molecule has 1 N–H and O–H groups in total. The quantitative estimate of drug-likeness (QED) is 0.868. The highest BCUT2D eigenvalue weighted by Crippen LogP contribution is 2.18. The van der Waals surface area contributed by atoms with Crippen molar-refractivity contribution in [3.63, 3.8) is 0 Å². The molecule has 0 aliphatic carbocycles. The zero-order valence-corrected chi connectivity index (χ0v) is 11.3. The first-order valence-corrected chi connectivity index (χ1v) is 6.04. The molecule has 1 amide bonds. The van der Waals surface area contributed by atoms with Crippen molar-refractivity contribution >= 4 is 5.91 Å². The molecule has 0 aliphatic heterocycles. The number of amides is 1. The van der Waals surface area contributed by atoms with E-state index in [0.29, 0.717) is 11.9 Å². The third kappa shape index (κ3) is 3.01. The van der Waals surface area contributed by atoms with Crippen molar-refractivity contribution in [3.05, 3.63) is 41.0 Å². The maximum Gasteiger partial charge on any atom is 0.256 e. The van der Waals surface area contributed by atoms with Crippen LogP contribution < -0.4 is 0 Å².